The Morgan fingerprint density at radius 3 is 2.67 bits per heavy atom. The van der Waals surface area contributed by atoms with E-state index in [0.717, 1.165) is 6.42 Å². The first-order chi connectivity index (χ1) is 4.31. The first-order valence-corrected chi connectivity index (χ1v) is 3.21. The summed E-state index contributed by atoms with van der Waals surface area (Å²) in [5.41, 5.74) is 1.24. The third-order valence-electron chi connectivity index (χ3n) is 1.13. The zero-order valence-corrected chi connectivity index (χ0v) is 6.22. The van der Waals surface area contributed by atoms with Crippen molar-refractivity contribution in [3.8, 4) is 0 Å². The predicted octanol–water partition coefficient (Wildman–Crippen LogP) is 3.08. The summed E-state index contributed by atoms with van der Waals surface area (Å²) in [7, 11) is 0. The fourth-order valence-electron chi connectivity index (χ4n) is 0.473. The van der Waals surface area contributed by atoms with E-state index in [9.17, 15) is 0 Å². The molecule has 0 aliphatic carbocycles. The van der Waals surface area contributed by atoms with Crippen LogP contribution in [0.25, 0.3) is 0 Å². The van der Waals surface area contributed by atoms with Crippen LogP contribution < -0.4 is 0 Å². The molecule has 0 radical (unpaired) electrons. The molecular weight excluding hydrogens is 108 g/mol. The van der Waals surface area contributed by atoms with E-state index in [-0.39, 0.29) is 0 Å². The van der Waals surface area contributed by atoms with Crippen LogP contribution in [-0.2, 0) is 0 Å². The lowest BCUT2D eigenvalue weighted by Crippen LogP contribution is -1.64. The average Bonchev–Trinajstić information content (AvgIpc) is 1.89. The van der Waals surface area contributed by atoms with Crippen LogP contribution in [0.4, 0.5) is 0 Å². The van der Waals surface area contributed by atoms with E-state index < -0.39 is 0 Å². The van der Waals surface area contributed by atoms with Gasteiger partial charge >= 0.3 is 0 Å². The highest BCUT2D eigenvalue weighted by atomic mass is 13.8. The predicted molar refractivity (Wildman–Crippen MR) is 43.4 cm³/mol. The molecule has 0 aliphatic rings. The summed E-state index contributed by atoms with van der Waals surface area (Å²) < 4.78 is 0. The summed E-state index contributed by atoms with van der Waals surface area (Å²) in [6.45, 7) is 7.72. The van der Waals surface area contributed by atoms with E-state index in [1.807, 2.05) is 19.1 Å². The van der Waals surface area contributed by atoms with Gasteiger partial charge in [0.15, 0.2) is 0 Å². The van der Waals surface area contributed by atoms with Crippen LogP contribution in [0.3, 0.4) is 0 Å². The van der Waals surface area contributed by atoms with E-state index in [0.29, 0.717) is 0 Å². The molecule has 9 heavy (non-hydrogen) atoms. The van der Waals surface area contributed by atoms with Gasteiger partial charge in [0.25, 0.3) is 0 Å². The van der Waals surface area contributed by atoms with Crippen molar-refractivity contribution < 1.29 is 0 Å². The number of allylic oxidation sites excluding steroid dienone is 5. The molecule has 0 fully saturated rings. The number of hydrogen-bond donors (Lipinski definition) is 0. The highest BCUT2D eigenvalue weighted by Gasteiger charge is 1.74. The Balaban J connectivity index is 3.56. The molecule has 0 nitrogen and oxygen atoms in total. The standard InChI is InChI=1S/C9H14/c1-4-6-7-8-9(3)5-2/h4-6,8H,2,7H2,1,3H3/b6-4?,9-8+. The van der Waals surface area contributed by atoms with Crippen molar-refractivity contribution in [1.82, 2.24) is 0 Å². The summed E-state index contributed by atoms with van der Waals surface area (Å²) >= 11 is 0. The van der Waals surface area contributed by atoms with Gasteiger partial charge in [-0.2, -0.15) is 0 Å². The second-order valence-electron chi connectivity index (χ2n) is 1.96. The van der Waals surface area contributed by atoms with Gasteiger partial charge in [0.2, 0.25) is 0 Å². The monoisotopic (exact) mass is 122 g/mol. The third kappa shape index (κ3) is 5.09. The molecule has 0 saturated carbocycles. The largest absolute Gasteiger partial charge is 0.0988 e. The molecule has 0 heterocycles. The molecule has 0 amide bonds. The first kappa shape index (κ1) is 8.22. The molecule has 0 saturated heterocycles. The molecule has 0 atom stereocenters. The Kier molecular flexibility index (Phi) is 4.89. The summed E-state index contributed by atoms with van der Waals surface area (Å²) in [6, 6.07) is 0. The Labute approximate surface area is 57.6 Å². The maximum atomic E-state index is 3.65. The second kappa shape index (κ2) is 5.36. The molecule has 0 heteroatoms. The van der Waals surface area contributed by atoms with Gasteiger partial charge in [0, 0.05) is 0 Å². The van der Waals surface area contributed by atoms with Crippen LogP contribution in [0, 0.1) is 0 Å². The van der Waals surface area contributed by atoms with Gasteiger partial charge < -0.3 is 0 Å². The summed E-state index contributed by atoms with van der Waals surface area (Å²) in [4.78, 5) is 0. The third-order valence-corrected chi connectivity index (χ3v) is 1.13. The van der Waals surface area contributed by atoms with Gasteiger partial charge in [0.1, 0.15) is 0 Å². The molecular formula is C9H14. The fourth-order valence-corrected chi connectivity index (χ4v) is 0.473. The first-order valence-electron chi connectivity index (χ1n) is 3.21. The maximum absolute atomic E-state index is 3.65. The Bertz CT molecular complexity index is 127. The van der Waals surface area contributed by atoms with E-state index in [2.05, 4.69) is 25.7 Å². The number of hydrogen-bond acceptors (Lipinski definition) is 0. The average molecular weight is 122 g/mol. The maximum Gasteiger partial charge on any atom is -0.0164 e. The van der Waals surface area contributed by atoms with Crippen molar-refractivity contribution in [2.24, 2.45) is 0 Å². The molecule has 0 rings (SSSR count). The van der Waals surface area contributed by atoms with Crippen LogP contribution in [0.2, 0.25) is 0 Å². The minimum atomic E-state index is 1.02. The summed E-state index contributed by atoms with van der Waals surface area (Å²) in [5.74, 6) is 0. The minimum Gasteiger partial charge on any atom is -0.0988 e. The van der Waals surface area contributed by atoms with Crippen molar-refractivity contribution in [2.75, 3.05) is 0 Å². The van der Waals surface area contributed by atoms with Gasteiger partial charge in [0.05, 0.1) is 0 Å². The molecule has 0 unspecified atom stereocenters. The Morgan fingerprint density at radius 1 is 1.56 bits per heavy atom. The molecule has 0 aromatic heterocycles. The summed E-state index contributed by atoms with van der Waals surface area (Å²) in [5, 5.41) is 0. The lowest BCUT2D eigenvalue weighted by Gasteiger charge is -1.85. The van der Waals surface area contributed by atoms with Crippen molar-refractivity contribution in [2.45, 2.75) is 20.3 Å². The van der Waals surface area contributed by atoms with E-state index in [1.54, 1.807) is 0 Å². The van der Waals surface area contributed by atoms with Gasteiger partial charge in [-0.05, 0) is 20.3 Å². The zero-order chi connectivity index (χ0) is 7.11. The quantitative estimate of drug-likeness (QED) is 0.398. The van der Waals surface area contributed by atoms with Crippen LogP contribution in [0.1, 0.15) is 20.3 Å². The zero-order valence-electron chi connectivity index (χ0n) is 6.22. The summed E-state index contributed by atoms with van der Waals surface area (Å²) in [6.07, 6.45) is 9.20. The SMILES string of the molecule is C=C/C(C)=C/CC=CC. The molecule has 0 aromatic carbocycles. The van der Waals surface area contributed by atoms with Crippen molar-refractivity contribution in [3.05, 3.63) is 36.5 Å². The van der Waals surface area contributed by atoms with E-state index in [4.69, 9.17) is 0 Å². The topological polar surface area (TPSA) is 0 Å². The molecule has 0 spiro atoms. The molecule has 0 bridgehead atoms. The molecule has 0 aromatic rings. The number of rotatable bonds is 3. The van der Waals surface area contributed by atoms with E-state index >= 15 is 0 Å². The van der Waals surface area contributed by atoms with Crippen LogP contribution >= 0.6 is 0 Å². The van der Waals surface area contributed by atoms with Gasteiger partial charge in [-0.1, -0.05) is 36.5 Å². The van der Waals surface area contributed by atoms with Crippen LogP contribution in [-0.4, -0.2) is 0 Å². The Morgan fingerprint density at radius 2 is 2.22 bits per heavy atom. The van der Waals surface area contributed by atoms with Crippen molar-refractivity contribution in [1.29, 1.82) is 0 Å². The Hall–Kier alpha value is -0.780. The lowest BCUT2D eigenvalue weighted by molar-refractivity contribution is 1.32. The van der Waals surface area contributed by atoms with E-state index in [1.165, 1.54) is 5.57 Å². The molecule has 50 valence electrons. The lowest BCUT2D eigenvalue weighted by atomic mass is 10.2. The van der Waals surface area contributed by atoms with Gasteiger partial charge in [-0.3, -0.25) is 0 Å². The highest BCUT2D eigenvalue weighted by molar-refractivity contribution is 5.13. The molecule has 0 N–H and O–H groups in total. The normalized spacial score (nSPS) is 12.4. The van der Waals surface area contributed by atoms with Crippen molar-refractivity contribution in [3.63, 3.8) is 0 Å². The molecule has 0 aliphatic heterocycles. The smallest absolute Gasteiger partial charge is 0.0164 e. The minimum absolute atomic E-state index is 1.02. The van der Waals surface area contributed by atoms with Gasteiger partial charge in [-0.15, -0.1) is 0 Å². The van der Waals surface area contributed by atoms with Crippen molar-refractivity contribution >= 4 is 0 Å². The van der Waals surface area contributed by atoms with Crippen LogP contribution in [0.5, 0.6) is 0 Å². The highest BCUT2D eigenvalue weighted by Crippen LogP contribution is 1.95. The van der Waals surface area contributed by atoms with Gasteiger partial charge in [-0.25, -0.2) is 0 Å². The second-order valence-corrected chi connectivity index (χ2v) is 1.96. The fraction of sp³-hybridized carbons (Fsp3) is 0.333. The van der Waals surface area contributed by atoms with Crippen LogP contribution in [0.15, 0.2) is 36.5 Å².